The number of halogens is 3. The topological polar surface area (TPSA) is 101 Å². The fourth-order valence-electron chi connectivity index (χ4n) is 6.45. The van der Waals surface area contributed by atoms with E-state index in [2.05, 4.69) is 27.9 Å². The minimum absolute atomic E-state index is 0.0630. The molecule has 0 spiro atoms. The van der Waals surface area contributed by atoms with Crippen molar-refractivity contribution in [2.75, 3.05) is 44.0 Å². The van der Waals surface area contributed by atoms with Crippen molar-refractivity contribution in [2.45, 2.75) is 44.4 Å². The summed E-state index contributed by atoms with van der Waals surface area (Å²) >= 11 is 7.96. The second-order valence-corrected chi connectivity index (χ2v) is 12.4. The van der Waals surface area contributed by atoms with Crippen LogP contribution in [-0.2, 0) is 11.2 Å². The first kappa shape index (κ1) is 26.6. The van der Waals surface area contributed by atoms with Gasteiger partial charge in [0, 0.05) is 23.5 Å². The van der Waals surface area contributed by atoms with Gasteiger partial charge in [-0.1, -0.05) is 17.7 Å². The highest BCUT2D eigenvalue weighted by Gasteiger charge is 2.36. The molecule has 12 heteroatoms. The summed E-state index contributed by atoms with van der Waals surface area (Å²) in [6.45, 7) is 4.68. The fraction of sp³-hybridized carbons (Fsp3) is 0.414. The number of rotatable bonds is 5. The van der Waals surface area contributed by atoms with Gasteiger partial charge in [-0.15, -0.1) is 11.3 Å². The van der Waals surface area contributed by atoms with E-state index < -0.39 is 11.6 Å². The predicted molar refractivity (Wildman–Crippen MR) is 156 cm³/mol. The minimum Gasteiger partial charge on any atom is -0.459 e. The molecule has 3 aliphatic rings. The smallest absolute Gasteiger partial charge is 0.319 e. The van der Waals surface area contributed by atoms with E-state index in [9.17, 15) is 9.65 Å². The molecule has 0 aliphatic carbocycles. The Balaban J connectivity index is 1.47. The van der Waals surface area contributed by atoms with Crippen LogP contribution in [0.3, 0.4) is 0 Å². The average Bonchev–Trinajstić information content (AvgIpc) is 3.50. The number of aromatic nitrogens is 2. The molecule has 3 aliphatic heterocycles. The Kier molecular flexibility index (Phi) is 6.43. The van der Waals surface area contributed by atoms with Crippen molar-refractivity contribution in [2.24, 2.45) is 0 Å². The van der Waals surface area contributed by atoms with Crippen LogP contribution in [0.1, 0.15) is 30.9 Å². The van der Waals surface area contributed by atoms with Gasteiger partial charge in [0.15, 0.2) is 5.82 Å². The number of nitrogens with zero attached hydrogens (tertiary/aromatic N) is 5. The van der Waals surface area contributed by atoms with Gasteiger partial charge >= 0.3 is 6.01 Å². The third kappa shape index (κ3) is 4.03. The number of hydrogen-bond acceptors (Lipinski definition) is 9. The number of likely N-dealkylation sites (tertiary alicyclic amines) is 1. The molecule has 2 fully saturated rings. The van der Waals surface area contributed by atoms with Crippen molar-refractivity contribution in [3.8, 4) is 23.2 Å². The third-order valence-electron chi connectivity index (χ3n) is 8.63. The molecule has 212 valence electrons. The van der Waals surface area contributed by atoms with Crippen molar-refractivity contribution >= 4 is 54.7 Å². The summed E-state index contributed by atoms with van der Waals surface area (Å²) in [6.07, 6.45) is 2.39. The number of fused-ring (bicyclic) bond motifs is 1. The molecule has 2 aromatic heterocycles. The van der Waals surface area contributed by atoms with Crippen LogP contribution in [0.2, 0.25) is 5.02 Å². The molecular formula is C29H27ClF2N6O2S. The molecule has 4 aromatic rings. The van der Waals surface area contributed by atoms with Crippen LogP contribution >= 0.6 is 22.9 Å². The summed E-state index contributed by atoms with van der Waals surface area (Å²) in [5, 5.41) is 11.0. The lowest BCUT2D eigenvalue weighted by Crippen LogP contribution is -2.51. The molecule has 2 aromatic carbocycles. The summed E-state index contributed by atoms with van der Waals surface area (Å²) in [5.74, 6) is -0.646. The number of nitrogens with two attached hydrogens (primary N) is 1. The Morgan fingerprint density at radius 2 is 2.05 bits per heavy atom. The lowest BCUT2D eigenvalue weighted by atomic mass is 9.91. The molecule has 8 nitrogen and oxygen atoms in total. The number of benzene rings is 2. The maximum atomic E-state index is 16.8. The maximum absolute atomic E-state index is 16.8. The van der Waals surface area contributed by atoms with Crippen molar-refractivity contribution in [1.29, 1.82) is 5.26 Å². The fourth-order valence-corrected chi connectivity index (χ4v) is 7.78. The second-order valence-electron chi connectivity index (χ2n) is 10.9. The van der Waals surface area contributed by atoms with Crippen LogP contribution in [0.15, 0.2) is 12.1 Å². The first-order valence-electron chi connectivity index (χ1n) is 13.6. The van der Waals surface area contributed by atoms with Crippen molar-refractivity contribution < 1.29 is 18.3 Å². The zero-order valence-electron chi connectivity index (χ0n) is 22.5. The van der Waals surface area contributed by atoms with Gasteiger partial charge in [-0.25, -0.2) is 8.78 Å². The normalized spacial score (nSPS) is 20.0. The number of nitrogen functional groups attached to an aromatic ring is 1. The van der Waals surface area contributed by atoms with E-state index in [0.717, 1.165) is 30.7 Å². The minimum atomic E-state index is -0.679. The molecule has 0 radical (unpaired) electrons. The molecule has 0 unspecified atom stereocenters. The Bertz CT molecular complexity index is 1770. The highest BCUT2D eigenvalue weighted by Crippen LogP contribution is 2.48. The molecule has 0 saturated carbocycles. The SMILES string of the molecule is C[C@H](Oc1nc2c3c(c(Cl)c(-c4ccc(F)c5sc(N)c(C#N)c45)c(F)c3n1)CCN2C1COC1)[C@@H]1CCCN1C. The predicted octanol–water partition coefficient (Wildman–Crippen LogP) is 5.52. The highest BCUT2D eigenvalue weighted by molar-refractivity contribution is 7.23. The molecule has 41 heavy (non-hydrogen) atoms. The standard InChI is InChI=1S/C29H27ClF2N6O2S/c1-13(19-4-3-8-37(19)2)40-29-35-25-22-16(7-9-38(28(22)36-29)14-11-39-12-14)23(30)21(24(25)32)15-5-6-18(31)26-20(15)17(10-33)27(34)41-26/h5-6,13-14,19H,3-4,7-9,11-12,34H2,1-2H3/t13-,19-/m0/s1. The van der Waals surface area contributed by atoms with E-state index in [4.69, 9.17) is 31.8 Å². The summed E-state index contributed by atoms with van der Waals surface area (Å²) in [4.78, 5) is 13.8. The van der Waals surface area contributed by atoms with E-state index in [0.29, 0.717) is 48.5 Å². The van der Waals surface area contributed by atoms with Crippen LogP contribution in [0.25, 0.3) is 32.1 Å². The Hall–Kier alpha value is -3.30. The Morgan fingerprint density at radius 3 is 2.73 bits per heavy atom. The molecule has 5 heterocycles. The number of likely N-dealkylation sites (N-methyl/N-ethyl adjacent to an activating group) is 1. The molecule has 2 atom stereocenters. The number of anilines is 2. The Labute approximate surface area is 244 Å². The van der Waals surface area contributed by atoms with Gasteiger partial charge in [-0.05, 0) is 57.0 Å². The van der Waals surface area contributed by atoms with Gasteiger partial charge in [0.2, 0.25) is 0 Å². The number of ether oxygens (including phenoxy) is 2. The molecule has 0 bridgehead atoms. The van der Waals surface area contributed by atoms with Crippen LogP contribution in [-0.4, -0.2) is 66.4 Å². The molecule has 2 saturated heterocycles. The largest absolute Gasteiger partial charge is 0.459 e. The summed E-state index contributed by atoms with van der Waals surface area (Å²) in [7, 11) is 2.07. The number of thiophene rings is 1. The molecular weight excluding hydrogens is 570 g/mol. The van der Waals surface area contributed by atoms with Gasteiger partial charge in [0.25, 0.3) is 0 Å². The number of nitriles is 1. The lowest BCUT2D eigenvalue weighted by molar-refractivity contribution is 0.00773. The number of hydrogen-bond donors (Lipinski definition) is 1. The monoisotopic (exact) mass is 596 g/mol. The van der Waals surface area contributed by atoms with Crippen LogP contribution in [0.5, 0.6) is 6.01 Å². The van der Waals surface area contributed by atoms with Crippen LogP contribution < -0.4 is 15.4 Å². The van der Waals surface area contributed by atoms with Crippen LogP contribution in [0, 0.1) is 23.0 Å². The first-order valence-corrected chi connectivity index (χ1v) is 14.8. The second kappa shape index (κ2) is 9.91. The summed E-state index contributed by atoms with van der Waals surface area (Å²) in [5.41, 5.74) is 7.31. The molecule has 2 N–H and O–H groups in total. The zero-order valence-corrected chi connectivity index (χ0v) is 24.1. The van der Waals surface area contributed by atoms with E-state index in [1.807, 2.05) is 6.92 Å². The maximum Gasteiger partial charge on any atom is 0.319 e. The van der Waals surface area contributed by atoms with Crippen molar-refractivity contribution in [3.05, 3.63) is 39.9 Å². The van der Waals surface area contributed by atoms with E-state index in [1.54, 1.807) is 0 Å². The summed E-state index contributed by atoms with van der Waals surface area (Å²) in [6, 6.07) is 5.15. The van der Waals surface area contributed by atoms with E-state index >= 15 is 4.39 Å². The zero-order chi connectivity index (χ0) is 28.6. The average molecular weight is 597 g/mol. The van der Waals surface area contributed by atoms with Gasteiger partial charge < -0.3 is 20.1 Å². The van der Waals surface area contributed by atoms with Gasteiger partial charge in [0.05, 0.1) is 39.9 Å². The third-order valence-corrected chi connectivity index (χ3v) is 10.1. The van der Waals surface area contributed by atoms with Gasteiger partial charge in [0.1, 0.15) is 34.3 Å². The van der Waals surface area contributed by atoms with Crippen LogP contribution in [0.4, 0.5) is 19.6 Å². The lowest BCUT2D eigenvalue weighted by Gasteiger charge is -2.41. The van der Waals surface area contributed by atoms with Gasteiger partial charge in [-0.2, -0.15) is 15.2 Å². The Morgan fingerprint density at radius 1 is 1.24 bits per heavy atom. The van der Waals surface area contributed by atoms with E-state index in [-0.39, 0.29) is 61.0 Å². The van der Waals surface area contributed by atoms with Gasteiger partial charge in [-0.3, -0.25) is 4.90 Å². The summed E-state index contributed by atoms with van der Waals surface area (Å²) < 4.78 is 43.6. The molecule has 0 amide bonds. The van der Waals surface area contributed by atoms with E-state index in [1.165, 1.54) is 12.1 Å². The quantitative estimate of drug-likeness (QED) is 0.321. The van der Waals surface area contributed by atoms with Crippen molar-refractivity contribution in [3.63, 3.8) is 0 Å². The highest BCUT2D eigenvalue weighted by atomic mass is 35.5. The first-order chi connectivity index (χ1) is 19.8. The van der Waals surface area contributed by atoms with Crippen molar-refractivity contribution in [1.82, 2.24) is 14.9 Å². The molecule has 7 rings (SSSR count).